The van der Waals surface area contributed by atoms with Gasteiger partial charge in [-0.3, -0.25) is 9.69 Å². The number of nitrogens with one attached hydrogen (secondary N) is 1. The van der Waals surface area contributed by atoms with E-state index in [2.05, 4.69) is 15.5 Å². The number of nitrogens with zero attached hydrogens (tertiary/aromatic N) is 2. The standard InChI is InChI=1S/C11H19N3O4S/c1-9(11(15)18-2)19(16,17)13-10-3-6-14(7-4-10)8-5-12/h9-10,13H,3-4,6-8H2,1-2H3. The molecule has 0 saturated carbocycles. The number of rotatable bonds is 5. The minimum atomic E-state index is -3.71. The van der Waals surface area contributed by atoms with Gasteiger partial charge in [0.15, 0.2) is 5.25 Å². The van der Waals surface area contributed by atoms with E-state index in [0.29, 0.717) is 32.5 Å². The average Bonchev–Trinajstić information content (AvgIpc) is 2.39. The fraction of sp³-hybridized carbons (Fsp3) is 0.818. The van der Waals surface area contributed by atoms with Crippen LogP contribution in [0.1, 0.15) is 19.8 Å². The van der Waals surface area contributed by atoms with Gasteiger partial charge < -0.3 is 4.74 Å². The molecule has 0 aromatic heterocycles. The number of esters is 1. The Morgan fingerprint density at radius 1 is 1.53 bits per heavy atom. The number of hydrogen-bond donors (Lipinski definition) is 1. The van der Waals surface area contributed by atoms with Gasteiger partial charge in [-0.2, -0.15) is 5.26 Å². The summed E-state index contributed by atoms with van der Waals surface area (Å²) >= 11 is 0. The van der Waals surface area contributed by atoms with Gasteiger partial charge in [0.1, 0.15) is 0 Å². The summed E-state index contributed by atoms with van der Waals surface area (Å²) in [6, 6.07) is 1.88. The molecule has 7 nitrogen and oxygen atoms in total. The maximum atomic E-state index is 11.9. The van der Waals surface area contributed by atoms with E-state index in [9.17, 15) is 13.2 Å². The first-order valence-electron chi connectivity index (χ1n) is 6.09. The van der Waals surface area contributed by atoms with E-state index in [1.807, 2.05) is 4.90 Å². The molecule has 0 radical (unpaired) electrons. The van der Waals surface area contributed by atoms with Gasteiger partial charge in [-0.15, -0.1) is 0 Å². The lowest BCUT2D eigenvalue weighted by molar-refractivity contribution is -0.139. The lowest BCUT2D eigenvalue weighted by Gasteiger charge is -2.30. The van der Waals surface area contributed by atoms with E-state index >= 15 is 0 Å². The molecule has 19 heavy (non-hydrogen) atoms. The molecule has 0 aromatic carbocycles. The van der Waals surface area contributed by atoms with Gasteiger partial charge in [0, 0.05) is 19.1 Å². The van der Waals surface area contributed by atoms with Gasteiger partial charge in [-0.05, 0) is 19.8 Å². The van der Waals surface area contributed by atoms with Crippen LogP contribution in [0.3, 0.4) is 0 Å². The number of carbonyl (C=O) groups is 1. The number of ether oxygens (including phenoxy) is 1. The van der Waals surface area contributed by atoms with Crippen molar-refractivity contribution in [2.45, 2.75) is 31.1 Å². The summed E-state index contributed by atoms with van der Waals surface area (Å²) in [5, 5.41) is 7.36. The number of carbonyl (C=O) groups excluding carboxylic acids is 1. The lowest BCUT2D eigenvalue weighted by atomic mass is 10.1. The Hall–Kier alpha value is -1.17. The lowest BCUT2D eigenvalue weighted by Crippen LogP contribution is -2.48. The largest absolute Gasteiger partial charge is 0.468 e. The topological polar surface area (TPSA) is 99.5 Å². The van der Waals surface area contributed by atoms with E-state index in [4.69, 9.17) is 5.26 Å². The van der Waals surface area contributed by atoms with E-state index < -0.39 is 21.2 Å². The second-order valence-electron chi connectivity index (χ2n) is 4.54. The highest BCUT2D eigenvalue weighted by molar-refractivity contribution is 7.90. The minimum Gasteiger partial charge on any atom is -0.468 e. The minimum absolute atomic E-state index is 0.188. The Morgan fingerprint density at radius 3 is 2.58 bits per heavy atom. The quantitative estimate of drug-likeness (QED) is 0.539. The van der Waals surface area contributed by atoms with Crippen LogP contribution in [-0.4, -0.2) is 57.3 Å². The molecule has 1 aliphatic rings. The molecule has 1 atom stereocenters. The van der Waals surface area contributed by atoms with Crippen LogP contribution in [0.5, 0.6) is 0 Å². The summed E-state index contributed by atoms with van der Waals surface area (Å²) in [6.45, 7) is 3.01. The number of likely N-dealkylation sites (tertiary alicyclic amines) is 1. The Morgan fingerprint density at radius 2 is 2.11 bits per heavy atom. The molecular formula is C11H19N3O4S. The first-order valence-corrected chi connectivity index (χ1v) is 7.63. The smallest absolute Gasteiger partial charge is 0.325 e. The predicted molar refractivity (Wildman–Crippen MR) is 68.6 cm³/mol. The fourth-order valence-electron chi connectivity index (χ4n) is 1.94. The van der Waals surface area contributed by atoms with E-state index in [1.54, 1.807) is 0 Å². The van der Waals surface area contributed by atoms with Crippen LogP contribution in [0.25, 0.3) is 0 Å². The van der Waals surface area contributed by atoms with Crippen molar-refractivity contribution in [3.63, 3.8) is 0 Å². The van der Waals surface area contributed by atoms with Crippen LogP contribution in [0.4, 0.5) is 0 Å². The predicted octanol–water partition coefficient (Wildman–Crippen LogP) is -0.545. The molecule has 1 rings (SSSR count). The number of piperidine rings is 1. The third-order valence-corrected chi connectivity index (χ3v) is 5.00. The van der Waals surface area contributed by atoms with Gasteiger partial charge >= 0.3 is 5.97 Å². The second kappa shape index (κ2) is 6.84. The van der Waals surface area contributed by atoms with Gasteiger partial charge in [0.05, 0.1) is 19.7 Å². The van der Waals surface area contributed by atoms with Crippen molar-refractivity contribution in [3.05, 3.63) is 0 Å². The van der Waals surface area contributed by atoms with Crippen LogP contribution in [0.2, 0.25) is 0 Å². The second-order valence-corrected chi connectivity index (χ2v) is 6.57. The zero-order valence-corrected chi connectivity index (χ0v) is 11.9. The highest BCUT2D eigenvalue weighted by Gasteiger charge is 2.32. The monoisotopic (exact) mass is 289 g/mol. The SMILES string of the molecule is COC(=O)C(C)S(=O)(=O)NC1CCN(CC#N)CC1. The highest BCUT2D eigenvalue weighted by atomic mass is 32.2. The van der Waals surface area contributed by atoms with E-state index in [0.717, 1.165) is 7.11 Å². The van der Waals surface area contributed by atoms with Gasteiger partial charge in [-0.25, -0.2) is 13.1 Å². The Kier molecular flexibility index (Phi) is 5.72. The Balaban J connectivity index is 2.52. The summed E-state index contributed by atoms with van der Waals surface area (Å²) < 4.78 is 30.8. The molecule has 8 heteroatoms. The van der Waals surface area contributed by atoms with Crippen molar-refractivity contribution in [2.75, 3.05) is 26.7 Å². The van der Waals surface area contributed by atoms with Crippen molar-refractivity contribution < 1.29 is 17.9 Å². The van der Waals surface area contributed by atoms with Crippen molar-refractivity contribution in [1.82, 2.24) is 9.62 Å². The summed E-state index contributed by atoms with van der Waals surface area (Å²) in [5.41, 5.74) is 0. The fourth-order valence-corrected chi connectivity index (χ4v) is 3.19. The molecule has 0 aliphatic carbocycles. The molecule has 0 aromatic rings. The molecule has 1 saturated heterocycles. The third kappa shape index (κ3) is 4.45. The summed E-state index contributed by atoms with van der Waals surface area (Å²) in [4.78, 5) is 13.2. The first-order chi connectivity index (χ1) is 8.90. The van der Waals surface area contributed by atoms with Crippen molar-refractivity contribution in [2.24, 2.45) is 0 Å². The van der Waals surface area contributed by atoms with Crippen LogP contribution in [0, 0.1) is 11.3 Å². The number of sulfonamides is 1. The summed E-state index contributed by atoms with van der Waals surface area (Å²) in [5.74, 6) is -0.769. The third-order valence-electron chi connectivity index (χ3n) is 3.21. The van der Waals surface area contributed by atoms with Crippen molar-refractivity contribution in [3.8, 4) is 6.07 Å². The van der Waals surface area contributed by atoms with E-state index in [-0.39, 0.29) is 6.04 Å². The molecule has 1 unspecified atom stereocenters. The molecule has 1 heterocycles. The van der Waals surface area contributed by atoms with Crippen LogP contribution in [0.15, 0.2) is 0 Å². The maximum Gasteiger partial charge on any atom is 0.325 e. The van der Waals surface area contributed by atoms with Crippen molar-refractivity contribution in [1.29, 1.82) is 5.26 Å². The van der Waals surface area contributed by atoms with Crippen LogP contribution < -0.4 is 4.72 Å². The van der Waals surface area contributed by atoms with Gasteiger partial charge in [-0.1, -0.05) is 0 Å². The zero-order chi connectivity index (χ0) is 14.5. The van der Waals surface area contributed by atoms with Gasteiger partial charge in [0.2, 0.25) is 10.0 Å². The van der Waals surface area contributed by atoms with Crippen molar-refractivity contribution >= 4 is 16.0 Å². The average molecular weight is 289 g/mol. The Labute approximate surface area is 113 Å². The highest BCUT2D eigenvalue weighted by Crippen LogP contribution is 2.12. The van der Waals surface area contributed by atoms with Crippen LogP contribution >= 0.6 is 0 Å². The van der Waals surface area contributed by atoms with E-state index in [1.165, 1.54) is 6.92 Å². The number of hydrogen-bond acceptors (Lipinski definition) is 6. The molecule has 1 N–H and O–H groups in total. The number of methoxy groups -OCH3 is 1. The zero-order valence-electron chi connectivity index (χ0n) is 11.1. The molecule has 1 fully saturated rings. The summed E-state index contributed by atoms with van der Waals surface area (Å²) in [6.07, 6.45) is 1.27. The Bertz CT molecular complexity index is 449. The molecule has 108 valence electrons. The molecule has 1 aliphatic heterocycles. The molecule has 0 spiro atoms. The van der Waals surface area contributed by atoms with Crippen LogP contribution in [-0.2, 0) is 19.6 Å². The summed E-state index contributed by atoms with van der Waals surface area (Å²) in [7, 11) is -2.55. The molecule has 0 bridgehead atoms. The first kappa shape index (κ1) is 15.9. The normalized spacial score (nSPS) is 19.6. The van der Waals surface area contributed by atoms with Gasteiger partial charge in [0.25, 0.3) is 0 Å². The molecular weight excluding hydrogens is 270 g/mol. The number of nitriles is 1. The molecule has 0 amide bonds. The maximum absolute atomic E-state index is 11.9.